The lowest BCUT2D eigenvalue weighted by Crippen LogP contribution is -2.29. The minimum Gasteiger partial charge on any atom is -0.368 e. The first-order valence-electron chi connectivity index (χ1n) is 3.19. The Balaban J connectivity index is 2.26. The lowest BCUT2D eigenvalue weighted by atomic mass is 10.1. The molecule has 52 valence electrons. The van der Waals surface area contributed by atoms with Gasteiger partial charge in [0.1, 0.15) is 0 Å². The van der Waals surface area contributed by atoms with Crippen LogP contribution in [0.5, 0.6) is 0 Å². The molecule has 0 saturated carbocycles. The Morgan fingerprint density at radius 3 is 3.40 bits per heavy atom. The Kier molecular flexibility index (Phi) is 1.52. The van der Waals surface area contributed by atoms with E-state index in [1.54, 1.807) is 6.34 Å². The van der Waals surface area contributed by atoms with Gasteiger partial charge in [0.15, 0.2) is 0 Å². The number of halogens is 1. The fraction of sp³-hybridized carbons (Fsp3) is 0.286. The van der Waals surface area contributed by atoms with E-state index >= 15 is 0 Å². The third-order valence-electron chi connectivity index (χ3n) is 1.67. The second-order valence-electron chi connectivity index (χ2n) is 2.37. The second kappa shape index (κ2) is 2.38. The molecule has 0 bridgehead atoms. The van der Waals surface area contributed by atoms with Gasteiger partial charge in [0, 0.05) is 3.58 Å². The quantitative estimate of drug-likeness (QED) is 0.639. The number of aliphatic imine (C=N–C) groups is 1. The van der Waals surface area contributed by atoms with E-state index in [1.807, 2.05) is 0 Å². The predicted octanol–water partition coefficient (Wildman–Crippen LogP) is 1.24. The summed E-state index contributed by atoms with van der Waals surface area (Å²) in [4.78, 5) is 4.24. The van der Waals surface area contributed by atoms with Gasteiger partial charge in [-0.2, -0.15) is 0 Å². The third kappa shape index (κ3) is 0.982. The van der Waals surface area contributed by atoms with E-state index in [0.29, 0.717) is 12.1 Å². The highest BCUT2D eigenvalue weighted by molar-refractivity contribution is 14.1. The van der Waals surface area contributed by atoms with Crippen molar-refractivity contribution < 1.29 is 0 Å². The molecule has 1 aliphatic heterocycles. The van der Waals surface area contributed by atoms with Gasteiger partial charge in [0.2, 0.25) is 0 Å². The molecule has 1 N–H and O–H groups in total. The summed E-state index contributed by atoms with van der Waals surface area (Å²) in [5, 5.41) is 3.15. The minimum absolute atomic E-state index is 0.344. The molecule has 0 fully saturated rings. The maximum absolute atomic E-state index is 4.24. The van der Waals surface area contributed by atoms with Crippen LogP contribution in [0.4, 0.5) is 0 Å². The Morgan fingerprint density at radius 2 is 2.50 bits per heavy atom. The molecule has 0 radical (unpaired) electrons. The molecule has 0 spiro atoms. The minimum atomic E-state index is 0.344. The van der Waals surface area contributed by atoms with Crippen molar-refractivity contribution in [1.82, 2.24) is 5.32 Å². The van der Waals surface area contributed by atoms with Crippen LogP contribution in [-0.4, -0.2) is 18.4 Å². The van der Waals surface area contributed by atoms with Gasteiger partial charge in [0.05, 0.1) is 18.4 Å². The van der Waals surface area contributed by atoms with Gasteiger partial charge in [-0.05, 0) is 28.7 Å². The smallest absolute Gasteiger partial charge is 0.0947 e. The molecule has 0 aromatic rings. The van der Waals surface area contributed by atoms with E-state index in [2.05, 4.69) is 51.1 Å². The standard InChI is InChI=1S/C7H7IN2/c8-5-1-2-6-7(3-5)10-4-9-6/h1-4,6-7H,(H,9,10). The summed E-state index contributed by atoms with van der Waals surface area (Å²) in [6.45, 7) is 0. The van der Waals surface area contributed by atoms with E-state index in [4.69, 9.17) is 0 Å². The number of nitrogens with one attached hydrogen (secondary N) is 1. The SMILES string of the molecule is IC1=CC2N=CNC2C=C1. The summed E-state index contributed by atoms with van der Waals surface area (Å²) < 4.78 is 1.28. The summed E-state index contributed by atoms with van der Waals surface area (Å²) in [5.41, 5.74) is 0. The predicted molar refractivity (Wildman–Crippen MR) is 50.4 cm³/mol. The number of nitrogens with zero attached hydrogens (tertiary/aromatic N) is 1. The van der Waals surface area contributed by atoms with Crippen molar-refractivity contribution in [3.8, 4) is 0 Å². The maximum atomic E-state index is 4.24. The average molecular weight is 246 g/mol. The van der Waals surface area contributed by atoms with Crippen LogP contribution in [-0.2, 0) is 0 Å². The van der Waals surface area contributed by atoms with Crippen molar-refractivity contribution in [2.45, 2.75) is 12.1 Å². The molecule has 2 atom stereocenters. The first-order valence-corrected chi connectivity index (χ1v) is 4.27. The topological polar surface area (TPSA) is 24.4 Å². The largest absolute Gasteiger partial charge is 0.368 e. The van der Waals surface area contributed by atoms with Gasteiger partial charge in [0.25, 0.3) is 0 Å². The molecule has 0 amide bonds. The molecule has 0 saturated heterocycles. The van der Waals surface area contributed by atoms with Crippen LogP contribution in [0.3, 0.4) is 0 Å². The molecule has 2 unspecified atom stereocenters. The van der Waals surface area contributed by atoms with Gasteiger partial charge in [-0.25, -0.2) is 0 Å². The van der Waals surface area contributed by atoms with E-state index < -0.39 is 0 Å². The average Bonchev–Trinajstić information content (AvgIpc) is 2.33. The van der Waals surface area contributed by atoms with Crippen LogP contribution in [0.25, 0.3) is 0 Å². The van der Waals surface area contributed by atoms with Gasteiger partial charge in [-0.15, -0.1) is 0 Å². The molecular weight excluding hydrogens is 239 g/mol. The molecule has 10 heavy (non-hydrogen) atoms. The maximum Gasteiger partial charge on any atom is 0.0947 e. The zero-order valence-electron chi connectivity index (χ0n) is 5.29. The molecular formula is C7H7IN2. The third-order valence-corrected chi connectivity index (χ3v) is 2.39. The molecule has 1 heterocycles. The fourth-order valence-corrected chi connectivity index (χ4v) is 1.71. The zero-order valence-corrected chi connectivity index (χ0v) is 7.45. The molecule has 1 aliphatic carbocycles. The van der Waals surface area contributed by atoms with Crippen molar-refractivity contribution >= 4 is 28.9 Å². The zero-order chi connectivity index (χ0) is 6.97. The highest BCUT2D eigenvalue weighted by Crippen LogP contribution is 2.20. The van der Waals surface area contributed by atoms with E-state index in [-0.39, 0.29) is 0 Å². The molecule has 0 aromatic carbocycles. The van der Waals surface area contributed by atoms with Crippen molar-refractivity contribution in [3.63, 3.8) is 0 Å². The number of fused-ring (bicyclic) bond motifs is 1. The summed E-state index contributed by atoms with van der Waals surface area (Å²) in [7, 11) is 0. The molecule has 2 rings (SSSR count). The lowest BCUT2D eigenvalue weighted by Gasteiger charge is -2.14. The van der Waals surface area contributed by atoms with E-state index in [0.717, 1.165) is 0 Å². The van der Waals surface area contributed by atoms with E-state index in [9.17, 15) is 0 Å². The highest BCUT2D eigenvalue weighted by Gasteiger charge is 2.21. The Labute approximate surface area is 73.2 Å². The number of hydrogen-bond donors (Lipinski definition) is 1. The van der Waals surface area contributed by atoms with Crippen LogP contribution in [0.1, 0.15) is 0 Å². The lowest BCUT2D eigenvalue weighted by molar-refractivity contribution is 0.696. The molecule has 2 aliphatic rings. The van der Waals surface area contributed by atoms with Gasteiger partial charge in [-0.3, -0.25) is 4.99 Å². The van der Waals surface area contributed by atoms with Crippen molar-refractivity contribution in [1.29, 1.82) is 0 Å². The first-order chi connectivity index (χ1) is 4.86. The molecule has 2 nitrogen and oxygen atoms in total. The molecule has 3 heteroatoms. The Hall–Kier alpha value is -0.320. The monoisotopic (exact) mass is 246 g/mol. The first kappa shape index (κ1) is 6.39. The summed E-state index contributed by atoms with van der Waals surface area (Å²) in [6, 6.07) is 0.760. The number of rotatable bonds is 0. The van der Waals surface area contributed by atoms with Crippen molar-refractivity contribution in [2.75, 3.05) is 0 Å². The number of hydrogen-bond acceptors (Lipinski definition) is 2. The fourth-order valence-electron chi connectivity index (χ4n) is 1.14. The number of allylic oxidation sites excluding steroid dienone is 2. The second-order valence-corrected chi connectivity index (χ2v) is 3.62. The van der Waals surface area contributed by atoms with Crippen LogP contribution >= 0.6 is 22.6 Å². The van der Waals surface area contributed by atoms with Gasteiger partial charge >= 0.3 is 0 Å². The van der Waals surface area contributed by atoms with Crippen LogP contribution in [0.2, 0.25) is 0 Å². The summed E-state index contributed by atoms with van der Waals surface area (Å²) >= 11 is 2.31. The highest BCUT2D eigenvalue weighted by atomic mass is 127. The van der Waals surface area contributed by atoms with Crippen molar-refractivity contribution in [3.05, 3.63) is 21.8 Å². The Morgan fingerprint density at radius 1 is 1.60 bits per heavy atom. The van der Waals surface area contributed by atoms with Crippen molar-refractivity contribution in [2.24, 2.45) is 4.99 Å². The Bertz CT molecular complexity index is 230. The normalized spacial score (nSPS) is 35.1. The molecule has 0 aromatic heterocycles. The van der Waals surface area contributed by atoms with Gasteiger partial charge in [-0.1, -0.05) is 12.2 Å². The van der Waals surface area contributed by atoms with Gasteiger partial charge < -0.3 is 5.32 Å². The van der Waals surface area contributed by atoms with Crippen LogP contribution in [0.15, 0.2) is 26.8 Å². The van der Waals surface area contributed by atoms with Crippen LogP contribution < -0.4 is 5.32 Å². The van der Waals surface area contributed by atoms with E-state index in [1.165, 1.54) is 3.58 Å². The van der Waals surface area contributed by atoms with Crippen LogP contribution in [0, 0.1) is 0 Å². The summed E-state index contributed by atoms with van der Waals surface area (Å²) in [6.07, 6.45) is 8.22. The summed E-state index contributed by atoms with van der Waals surface area (Å²) in [5.74, 6) is 0.